The molecule has 140 valence electrons. The van der Waals surface area contributed by atoms with Crippen LogP contribution in [0.25, 0.3) is 0 Å². The van der Waals surface area contributed by atoms with E-state index in [2.05, 4.69) is 15.2 Å². The summed E-state index contributed by atoms with van der Waals surface area (Å²) in [6.45, 7) is 4.77. The van der Waals surface area contributed by atoms with Crippen molar-refractivity contribution in [3.05, 3.63) is 53.7 Å². The standard InChI is InChI=1S/C21H23N3O3/c1-14(25)17-6-9-22-20(12-17)27-18-4-2-16(3-5-18)21(26)23-19-13-24-10-7-15(19)8-11-24/h2-6,9,12,15,19H,7-8,10-11,13H2,1H3,(H,23,26)/t19-/m0/s1. The van der Waals surface area contributed by atoms with Crippen LogP contribution in [0.15, 0.2) is 42.6 Å². The number of carbonyl (C=O) groups excluding carboxylic acids is 2. The Morgan fingerprint density at radius 3 is 2.48 bits per heavy atom. The lowest BCUT2D eigenvalue weighted by atomic mass is 9.84. The van der Waals surface area contributed by atoms with E-state index in [1.807, 2.05) is 0 Å². The summed E-state index contributed by atoms with van der Waals surface area (Å²) in [7, 11) is 0. The number of hydrogen-bond acceptors (Lipinski definition) is 5. The minimum Gasteiger partial charge on any atom is -0.439 e. The molecular weight excluding hydrogens is 342 g/mol. The molecule has 2 aromatic rings. The zero-order chi connectivity index (χ0) is 18.8. The quantitative estimate of drug-likeness (QED) is 0.825. The van der Waals surface area contributed by atoms with Crippen LogP contribution in [-0.2, 0) is 0 Å². The highest BCUT2D eigenvalue weighted by atomic mass is 16.5. The van der Waals surface area contributed by atoms with Crippen molar-refractivity contribution >= 4 is 11.7 Å². The normalized spacial score (nSPS) is 23.7. The minimum atomic E-state index is -0.0444. The van der Waals surface area contributed by atoms with Crippen LogP contribution in [0.2, 0.25) is 0 Å². The predicted octanol–water partition coefficient (Wildman–Crippen LogP) is 2.90. The van der Waals surface area contributed by atoms with Crippen LogP contribution in [0, 0.1) is 5.92 Å². The number of piperidine rings is 3. The van der Waals surface area contributed by atoms with E-state index in [9.17, 15) is 9.59 Å². The Hall–Kier alpha value is -2.73. The molecule has 0 saturated carbocycles. The first-order valence-corrected chi connectivity index (χ1v) is 9.36. The molecule has 6 nitrogen and oxygen atoms in total. The summed E-state index contributed by atoms with van der Waals surface area (Å²) in [6.07, 6.45) is 3.88. The topological polar surface area (TPSA) is 71.5 Å². The van der Waals surface area contributed by atoms with Gasteiger partial charge in [-0.2, -0.15) is 0 Å². The number of hydrogen-bond donors (Lipinski definition) is 1. The van der Waals surface area contributed by atoms with Crippen molar-refractivity contribution in [2.75, 3.05) is 19.6 Å². The van der Waals surface area contributed by atoms with Crippen molar-refractivity contribution in [1.82, 2.24) is 15.2 Å². The van der Waals surface area contributed by atoms with E-state index in [0.717, 1.165) is 19.6 Å². The third-order valence-electron chi connectivity index (χ3n) is 5.45. The Bertz CT molecular complexity index is 842. The van der Waals surface area contributed by atoms with Crippen molar-refractivity contribution < 1.29 is 14.3 Å². The van der Waals surface area contributed by atoms with Crippen LogP contribution in [0.4, 0.5) is 0 Å². The summed E-state index contributed by atoms with van der Waals surface area (Å²) < 4.78 is 5.69. The van der Waals surface area contributed by atoms with E-state index in [0.29, 0.717) is 28.7 Å². The Balaban J connectivity index is 1.39. The highest BCUT2D eigenvalue weighted by Crippen LogP contribution is 2.28. The second kappa shape index (κ2) is 7.48. The fourth-order valence-corrected chi connectivity index (χ4v) is 3.86. The van der Waals surface area contributed by atoms with Crippen LogP contribution in [0.1, 0.15) is 40.5 Å². The van der Waals surface area contributed by atoms with Gasteiger partial charge in [0.05, 0.1) is 0 Å². The summed E-state index contributed by atoms with van der Waals surface area (Å²) in [5.74, 6) is 1.44. The molecule has 4 heterocycles. The van der Waals surface area contributed by atoms with Gasteiger partial charge < -0.3 is 15.0 Å². The molecule has 3 aliphatic heterocycles. The van der Waals surface area contributed by atoms with Crippen LogP contribution in [0.3, 0.4) is 0 Å². The summed E-state index contributed by atoms with van der Waals surface area (Å²) in [4.78, 5) is 30.5. The van der Waals surface area contributed by atoms with Crippen molar-refractivity contribution in [2.45, 2.75) is 25.8 Å². The Labute approximate surface area is 158 Å². The zero-order valence-electron chi connectivity index (χ0n) is 15.4. The fourth-order valence-electron chi connectivity index (χ4n) is 3.86. The maximum absolute atomic E-state index is 12.6. The molecule has 3 fully saturated rings. The lowest BCUT2D eigenvalue weighted by Gasteiger charge is -2.44. The van der Waals surface area contributed by atoms with Gasteiger partial charge in [0.15, 0.2) is 5.78 Å². The fraction of sp³-hybridized carbons (Fsp3) is 0.381. The van der Waals surface area contributed by atoms with Gasteiger partial charge in [0.25, 0.3) is 5.91 Å². The van der Waals surface area contributed by atoms with E-state index in [1.54, 1.807) is 42.6 Å². The second-order valence-electron chi connectivity index (χ2n) is 7.28. The number of ketones is 1. The molecule has 1 aromatic carbocycles. The molecule has 1 amide bonds. The highest BCUT2D eigenvalue weighted by Gasteiger charge is 2.34. The van der Waals surface area contributed by atoms with Crippen molar-refractivity contribution in [3.8, 4) is 11.6 Å². The molecule has 5 rings (SSSR count). The number of nitrogens with zero attached hydrogens (tertiary/aromatic N) is 2. The van der Waals surface area contributed by atoms with Gasteiger partial charge in [0, 0.05) is 36.0 Å². The maximum atomic E-state index is 12.6. The monoisotopic (exact) mass is 365 g/mol. The molecule has 6 heteroatoms. The number of Topliss-reactive ketones (excluding diaryl/α,β-unsaturated/α-hetero) is 1. The average Bonchev–Trinajstić information content (AvgIpc) is 2.69. The summed E-state index contributed by atoms with van der Waals surface area (Å²) in [5.41, 5.74) is 1.16. The van der Waals surface area contributed by atoms with Gasteiger partial charge in [-0.05, 0) is 69.1 Å². The SMILES string of the molecule is CC(=O)c1ccnc(Oc2ccc(C(=O)N[C@H]3CN4CCC3CC4)cc2)c1. The third-order valence-corrected chi connectivity index (χ3v) is 5.45. The van der Waals surface area contributed by atoms with Crippen LogP contribution in [-0.4, -0.2) is 47.3 Å². The van der Waals surface area contributed by atoms with Crippen LogP contribution >= 0.6 is 0 Å². The molecule has 3 saturated heterocycles. The first-order chi connectivity index (χ1) is 13.1. The molecule has 3 aliphatic rings. The predicted molar refractivity (Wildman–Crippen MR) is 101 cm³/mol. The summed E-state index contributed by atoms with van der Waals surface area (Å²) >= 11 is 0. The van der Waals surface area contributed by atoms with Gasteiger partial charge in [-0.25, -0.2) is 4.98 Å². The number of rotatable bonds is 5. The smallest absolute Gasteiger partial charge is 0.251 e. The number of carbonyl (C=O) groups is 2. The Kier molecular flexibility index (Phi) is 4.90. The van der Waals surface area contributed by atoms with Crippen molar-refractivity contribution in [1.29, 1.82) is 0 Å². The number of ether oxygens (including phenoxy) is 1. The third kappa shape index (κ3) is 4.01. The number of benzene rings is 1. The minimum absolute atomic E-state index is 0.0398. The van der Waals surface area contributed by atoms with E-state index >= 15 is 0 Å². The van der Waals surface area contributed by atoms with Crippen molar-refractivity contribution in [3.63, 3.8) is 0 Å². The number of aromatic nitrogens is 1. The van der Waals surface area contributed by atoms with Gasteiger partial charge in [0.2, 0.25) is 5.88 Å². The lowest BCUT2D eigenvalue weighted by Crippen LogP contribution is -2.57. The van der Waals surface area contributed by atoms with Gasteiger partial charge in [-0.1, -0.05) is 0 Å². The first kappa shape index (κ1) is 17.7. The summed E-state index contributed by atoms with van der Waals surface area (Å²) in [6, 6.07) is 10.5. The number of pyridine rings is 1. The second-order valence-corrected chi connectivity index (χ2v) is 7.28. The molecular formula is C21H23N3O3. The van der Waals surface area contributed by atoms with Gasteiger partial charge in [0.1, 0.15) is 5.75 Å². The van der Waals surface area contributed by atoms with E-state index in [1.165, 1.54) is 19.8 Å². The largest absolute Gasteiger partial charge is 0.439 e. The molecule has 2 bridgehead atoms. The molecule has 1 atom stereocenters. The molecule has 27 heavy (non-hydrogen) atoms. The maximum Gasteiger partial charge on any atom is 0.251 e. The summed E-state index contributed by atoms with van der Waals surface area (Å²) in [5, 5.41) is 3.18. The van der Waals surface area contributed by atoms with Crippen LogP contribution in [0.5, 0.6) is 11.6 Å². The van der Waals surface area contributed by atoms with E-state index < -0.39 is 0 Å². The van der Waals surface area contributed by atoms with E-state index in [-0.39, 0.29) is 17.7 Å². The van der Waals surface area contributed by atoms with Gasteiger partial charge in [-0.15, -0.1) is 0 Å². The molecule has 1 aromatic heterocycles. The first-order valence-electron chi connectivity index (χ1n) is 9.36. The molecule has 0 unspecified atom stereocenters. The molecule has 1 N–H and O–H groups in total. The zero-order valence-corrected chi connectivity index (χ0v) is 15.4. The van der Waals surface area contributed by atoms with Crippen molar-refractivity contribution in [2.24, 2.45) is 5.92 Å². The Morgan fingerprint density at radius 2 is 1.85 bits per heavy atom. The van der Waals surface area contributed by atoms with Crippen LogP contribution < -0.4 is 10.1 Å². The highest BCUT2D eigenvalue weighted by molar-refractivity contribution is 5.95. The number of nitrogens with one attached hydrogen (secondary N) is 1. The molecule has 0 aliphatic carbocycles. The van der Waals surface area contributed by atoms with Gasteiger partial charge >= 0.3 is 0 Å². The number of fused-ring (bicyclic) bond motifs is 3. The average molecular weight is 365 g/mol. The van der Waals surface area contributed by atoms with Gasteiger partial charge in [-0.3, -0.25) is 9.59 Å². The Morgan fingerprint density at radius 1 is 1.11 bits per heavy atom. The molecule has 0 radical (unpaired) electrons. The molecule has 0 spiro atoms. The lowest BCUT2D eigenvalue weighted by molar-refractivity contribution is 0.0620. The van der Waals surface area contributed by atoms with E-state index in [4.69, 9.17) is 4.74 Å². The number of amides is 1.